The second-order valence-electron chi connectivity index (χ2n) is 4.40. The normalized spacial score (nSPS) is 13.9. The van der Waals surface area contributed by atoms with Gasteiger partial charge in [-0.1, -0.05) is 18.8 Å². The lowest BCUT2D eigenvalue weighted by atomic mass is 10.2. The fourth-order valence-electron chi connectivity index (χ4n) is 1.93. The molecule has 1 fully saturated rings. The first kappa shape index (κ1) is 13.1. The molecule has 2 N–H and O–H groups in total. The molecule has 0 aliphatic heterocycles. The molecule has 0 spiro atoms. The van der Waals surface area contributed by atoms with Gasteiger partial charge in [0.25, 0.3) is 5.91 Å². The SMILES string of the molecule is CCCN(C(=O)c1sccc1C#CCN)C1CC1. The predicted octanol–water partition coefficient (Wildman–Crippen LogP) is 2.07. The summed E-state index contributed by atoms with van der Waals surface area (Å²) in [6.45, 7) is 3.27. The highest BCUT2D eigenvalue weighted by atomic mass is 32.1. The summed E-state index contributed by atoms with van der Waals surface area (Å²) >= 11 is 1.47. The van der Waals surface area contributed by atoms with Gasteiger partial charge in [-0.25, -0.2) is 0 Å². The van der Waals surface area contributed by atoms with Gasteiger partial charge < -0.3 is 10.6 Å². The fourth-order valence-corrected chi connectivity index (χ4v) is 2.73. The molecule has 1 aromatic heterocycles. The van der Waals surface area contributed by atoms with E-state index in [1.54, 1.807) is 0 Å². The first-order valence-corrected chi connectivity index (χ1v) is 7.23. The van der Waals surface area contributed by atoms with Crippen LogP contribution in [-0.2, 0) is 0 Å². The Kier molecular flexibility index (Phi) is 4.40. The Labute approximate surface area is 112 Å². The van der Waals surface area contributed by atoms with E-state index in [9.17, 15) is 4.79 Å². The number of amides is 1. The Balaban J connectivity index is 2.18. The van der Waals surface area contributed by atoms with Crippen molar-refractivity contribution < 1.29 is 4.79 Å². The second-order valence-corrected chi connectivity index (χ2v) is 5.32. The number of hydrogen-bond acceptors (Lipinski definition) is 3. The zero-order chi connectivity index (χ0) is 13.0. The van der Waals surface area contributed by atoms with Crippen molar-refractivity contribution >= 4 is 17.2 Å². The number of carbonyl (C=O) groups is 1. The van der Waals surface area contributed by atoms with E-state index in [-0.39, 0.29) is 5.91 Å². The van der Waals surface area contributed by atoms with Crippen LogP contribution < -0.4 is 5.73 Å². The lowest BCUT2D eigenvalue weighted by Crippen LogP contribution is -2.33. The highest BCUT2D eigenvalue weighted by molar-refractivity contribution is 7.12. The third kappa shape index (κ3) is 2.92. The van der Waals surface area contributed by atoms with Crippen LogP contribution in [-0.4, -0.2) is 29.9 Å². The zero-order valence-electron chi connectivity index (χ0n) is 10.6. The molecule has 1 heterocycles. The summed E-state index contributed by atoms with van der Waals surface area (Å²) < 4.78 is 0. The Morgan fingerprint density at radius 1 is 1.61 bits per heavy atom. The standard InChI is InChI=1S/C14H18N2OS/c1-2-9-16(12-5-6-12)14(17)13-11(4-3-8-15)7-10-18-13/h7,10,12H,2,5-6,8-9,15H2,1H3. The van der Waals surface area contributed by atoms with Crippen LogP contribution in [0.25, 0.3) is 0 Å². The van der Waals surface area contributed by atoms with Crippen molar-refractivity contribution in [2.45, 2.75) is 32.2 Å². The summed E-state index contributed by atoms with van der Waals surface area (Å²) in [5, 5.41) is 1.92. The average Bonchev–Trinajstić information content (AvgIpc) is 3.11. The summed E-state index contributed by atoms with van der Waals surface area (Å²) in [7, 11) is 0. The lowest BCUT2D eigenvalue weighted by molar-refractivity contribution is 0.0748. The maximum atomic E-state index is 12.5. The van der Waals surface area contributed by atoms with Crippen molar-refractivity contribution in [1.29, 1.82) is 0 Å². The molecule has 0 radical (unpaired) electrons. The monoisotopic (exact) mass is 262 g/mol. The molecule has 0 atom stereocenters. The smallest absolute Gasteiger partial charge is 0.265 e. The molecule has 0 aromatic carbocycles. The Bertz CT molecular complexity index is 479. The number of hydrogen-bond donors (Lipinski definition) is 1. The van der Waals surface area contributed by atoms with E-state index in [1.807, 2.05) is 16.3 Å². The van der Waals surface area contributed by atoms with Crippen LogP contribution in [0.4, 0.5) is 0 Å². The highest BCUT2D eigenvalue weighted by Gasteiger charge is 2.33. The summed E-state index contributed by atoms with van der Waals surface area (Å²) in [5.74, 6) is 5.93. The van der Waals surface area contributed by atoms with Crippen LogP contribution >= 0.6 is 11.3 Å². The van der Waals surface area contributed by atoms with Crippen LogP contribution in [0.2, 0.25) is 0 Å². The molecule has 0 unspecified atom stereocenters. The van der Waals surface area contributed by atoms with E-state index in [0.29, 0.717) is 12.6 Å². The second kappa shape index (κ2) is 6.03. The number of thiophene rings is 1. The molecule has 96 valence electrons. The van der Waals surface area contributed by atoms with Gasteiger partial charge in [-0.3, -0.25) is 4.79 Å². The molecule has 1 aliphatic carbocycles. The van der Waals surface area contributed by atoms with E-state index < -0.39 is 0 Å². The van der Waals surface area contributed by atoms with Gasteiger partial charge in [-0.2, -0.15) is 0 Å². The molecule has 4 heteroatoms. The van der Waals surface area contributed by atoms with Crippen LogP contribution in [0.5, 0.6) is 0 Å². The van der Waals surface area contributed by atoms with Crippen LogP contribution in [0.15, 0.2) is 11.4 Å². The Hall–Kier alpha value is -1.31. The quantitative estimate of drug-likeness (QED) is 0.844. The third-order valence-corrected chi connectivity index (χ3v) is 3.80. The van der Waals surface area contributed by atoms with Gasteiger partial charge in [-0.05, 0) is 30.7 Å². The van der Waals surface area contributed by atoms with Crippen LogP contribution in [0.1, 0.15) is 41.4 Å². The van der Waals surface area contributed by atoms with Crippen molar-refractivity contribution in [2.24, 2.45) is 5.73 Å². The largest absolute Gasteiger partial charge is 0.335 e. The van der Waals surface area contributed by atoms with Gasteiger partial charge in [0, 0.05) is 18.2 Å². The maximum Gasteiger partial charge on any atom is 0.265 e. The van der Waals surface area contributed by atoms with Crippen molar-refractivity contribution in [3.05, 3.63) is 21.9 Å². The molecule has 1 aromatic rings. The number of carbonyl (C=O) groups excluding carboxylic acids is 1. The van der Waals surface area contributed by atoms with Gasteiger partial charge in [0.05, 0.1) is 6.54 Å². The van der Waals surface area contributed by atoms with E-state index in [0.717, 1.165) is 36.2 Å². The predicted molar refractivity (Wildman–Crippen MR) is 74.6 cm³/mol. The fraction of sp³-hybridized carbons (Fsp3) is 0.500. The lowest BCUT2D eigenvalue weighted by Gasteiger charge is -2.21. The van der Waals surface area contributed by atoms with Crippen LogP contribution in [0, 0.1) is 11.8 Å². The zero-order valence-corrected chi connectivity index (χ0v) is 11.4. The number of nitrogens with two attached hydrogens (primary N) is 1. The van der Waals surface area contributed by atoms with Crippen LogP contribution in [0.3, 0.4) is 0 Å². The van der Waals surface area contributed by atoms with Crippen molar-refractivity contribution in [1.82, 2.24) is 4.90 Å². The minimum atomic E-state index is 0.135. The maximum absolute atomic E-state index is 12.5. The minimum absolute atomic E-state index is 0.135. The molecule has 1 saturated carbocycles. The van der Waals surface area contributed by atoms with Crippen molar-refractivity contribution in [2.75, 3.05) is 13.1 Å². The molecule has 3 nitrogen and oxygen atoms in total. The van der Waals surface area contributed by atoms with Crippen molar-refractivity contribution in [3.8, 4) is 11.8 Å². The van der Waals surface area contributed by atoms with E-state index in [2.05, 4.69) is 18.8 Å². The number of nitrogens with zero attached hydrogens (tertiary/aromatic N) is 1. The molecule has 1 amide bonds. The van der Waals surface area contributed by atoms with E-state index >= 15 is 0 Å². The molecule has 1 aliphatic rings. The molecular weight excluding hydrogens is 244 g/mol. The van der Waals surface area contributed by atoms with Gasteiger partial charge in [0.1, 0.15) is 4.88 Å². The third-order valence-electron chi connectivity index (χ3n) is 2.90. The van der Waals surface area contributed by atoms with Gasteiger partial charge in [0.2, 0.25) is 0 Å². The summed E-state index contributed by atoms with van der Waals surface area (Å²) in [5.41, 5.74) is 6.19. The molecule has 0 bridgehead atoms. The minimum Gasteiger partial charge on any atom is -0.335 e. The molecule has 18 heavy (non-hydrogen) atoms. The summed E-state index contributed by atoms with van der Waals surface area (Å²) in [6.07, 6.45) is 3.28. The first-order valence-electron chi connectivity index (χ1n) is 6.35. The topological polar surface area (TPSA) is 46.3 Å². The first-order chi connectivity index (χ1) is 8.77. The van der Waals surface area contributed by atoms with E-state index in [1.165, 1.54) is 11.3 Å². The molecule has 0 saturated heterocycles. The van der Waals surface area contributed by atoms with Crippen molar-refractivity contribution in [3.63, 3.8) is 0 Å². The van der Waals surface area contributed by atoms with E-state index in [4.69, 9.17) is 5.73 Å². The van der Waals surface area contributed by atoms with Gasteiger partial charge >= 0.3 is 0 Å². The Morgan fingerprint density at radius 2 is 2.39 bits per heavy atom. The van der Waals surface area contributed by atoms with Gasteiger partial charge in [-0.15, -0.1) is 11.3 Å². The number of rotatable bonds is 4. The summed E-state index contributed by atoms with van der Waals surface area (Å²) in [6, 6.07) is 2.35. The average molecular weight is 262 g/mol. The highest BCUT2D eigenvalue weighted by Crippen LogP contribution is 2.30. The summed E-state index contributed by atoms with van der Waals surface area (Å²) in [4.78, 5) is 15.3. The Morgan fingerprint density at radius 3 is 3.00 bits per heavy atom. The molecule has 2 rings (SSSR count). The molecular formula is C14H18N2OS. The van der Waals surface area contributed by atoms with Gasteiger partial charge in [0.15, 0.2) is 0 Å².